The van der Waals surface area contributed by atoms with Crippen molar-refractivity contribution in [1.29, 1.82) is 0 Å². The molecule has 1 atom stereocenters. The number of aliphatic hydroxyl groups is 1. The van der Waals surface area contributed by atoms with Crippen LogP contribution >= 0.6 is 11.6 Å². The molecule has 4 aromatic rings. The first-order valence-corrected chi connectivity index (χ1v) is 19.9. The number of piperidine rings is 1. The van der Waals surface area contributed by atoms with Gasteiger partial charge in [0, 0.05) is 41.9 Å². The van der Waals surface area contributed by atoms with Gasteiger partial charge in [-0.05, 0) is 120 Å². The summed E-state index contributed by atoms with van der Waals surface area (Å²) in [6.45, 7) is 4.89. The second kappa shape index (κ2) is 12.6. The van der Waals surface area contributed by atoms with E-state index in [0.717, 1.165) is 120 Å². The third-order valence-corrected chi connectivity index (χ3v) is 13.5. The van der Waals surface area contributed by atoms with Crippen molar-refractivity contribution in [3.63, 3.8) is 0 Å². The number of hydrogen-bond donors (Lipinski definition) is 1. The molecule has 3 aromatic heterocycles. The molecule has 10 heterocycles. The molecule has 4 saturated heterocycles. The average Bonchev–Trinajstić information content (AvgIpc) is 3.85. The zero-order chi connectivity index (χ0) is 35.1. The van der Waals surface area contributed by atoms with Gasteiger partial charge in [-0.2, -0.15) is 15.1 Å². The molecule has 12 heteroatoms. The van der Waals surface area contributed by atoms with Crippen LogP contribution in [0.3, 0.4) is 0 Å². The predicted octanol–water partition coefficient (Wildman–Crippen LogP) is 7.54. The smallest absolute Gasteiger partial charge is 0.319 e. The molecule has 274 valence electrons. The number of hydrogen-bond acceptors (Lipinski definition) is 9. The van der Waals surface area contributed by atoms with Crippen LogP contribution in [0.5, 0.6) is 6.01 Å². The molecule has 1 aliphatic carbocycles. The maximum absolute atomic E-state index is 17.5. The number of fused-ring (bicyclic) bond motifs is 2. The molecule has 1 N–H and O–H groups in total. The van der Waals surface area contributed by atoms with Crippen LogP contribution in [0.4, 0.5) is 10.2 Å². The van der Waals surface area contributed by atoms with Gasteiger partial charge in [-0.15, -0.1) is 0 Å². The molecule has 1 saturated carbocycles. The Bertz CT molecular complexity index is 2060. The molecule has 5 fully saturated rings. The summed E-state index contributed by atoms with van der Waals surface area (Å²) in [7, 11) is 0. The topological polar surface area (TPSA) is 102 Å². The molecule has 7 bridgehead atoms. The van der Waals surface area contributed by atoms with E-state index in [1.165, 1.54) is 0 Å². The fraction of sp³-hybridized carbons (Fsp3) is 0.600. The number of halogens is 2. The molecule has 12 rings (SSSR count). The molecular formula is C40H47ClFN7O3. The highest BCUT2D eigenvalue weighted by atomic mass is 35.5. The third-order valence-electron chi connectivity index (χ3n) is 13.2. The van der Waals surface area contributed by atoms with Crippen LogP contribution in [0.1, 0.15) is 95.3 Å². The molecule has 1 spiro atoms. The molecule has 8 aliphatic rings. The van der Waals surface area contributed by atoms with Crippen molar-refractivity contribution in [1.82, 2.24) is 29.6 Å². The third kappa shape index (κ3) is 5.43. The van der Waals surface area contributed by atoms with Gasteiger partial charge >= 0.3 is 6.01 Å². The van der Waals surface area contributed by atoms with Crippen LogP contribution in [0, 0.1) is 11.2 Å². The number of rotatable bonds is 4. The Labute approximate surface area is 308 Å². The first kappa shape index (κ1) is 33.2. The van der Waals surface area contributed by atoms with Crippen molar-refractivity contribution < 1.29 is 19.0 Å². The van der Waals surface area contributed by atoms with Crippen molar-refractivity contribution in [2.75, 3.05) is 44.3 Å². The van der Waals surface area contributed by atoms with E-state index in [1.807, 2.05) is 10.7 Å². The van der Waals surface area contributed by atoms with E-state index in [1.54, 1.807) is 12.4 Å². The Hall–Kier alpha value is -3.38. The zero-order valence-electron chi connectivity index (χ0n) is 29.8. The Morgan fingerprint density at radius 3 is 2.65 bits per heavy atom. The summed E-state index contributed by atoms with van der Waals surface area (Å²) in [5, 5.41) is 18.2. The summed E-state index contributed by atoms with van der Waals surface area (Å²) in [6, 6.07) is 2.14. The lowest BCUT2D eigenvalue weighted by Crippen LogP contribution is -2.59. The SMILES string of the molecule is OC12CC/C=C\Cc3c(Cl)cc4c(cnn4C4CCCCO4)c3-c3ncc4c(nc(OCC56CCCN5CCC6)nc4c3F)N3CCCC(C3)(C1)C2. The van der Waals surface area contributed by atoms with Gasteiger partial charge in [0.15, 0.2) is 12.0 Å². The van der Waals surface area contributed by atoms with E-state index in [-0.39, 0.29) is 34.4 Å². The highest BCUT2D eigenvalue weighted by Crippen LogP contribution is 2.56. The molecular weight excluding hydrogens is 681 g/mol. The predicted molar refractivity (Wildman–Crippen MR) is 198 cm³/mol. The normalized spacial score (nSPS) is 29.3. The minimum Gasteiger partial charge on any atom is -0.461 e. The molecule has 0 radical (unpaired) electrons. The average molecular weight is 728 g/mol. The molecule has 52 heavy (non-hydrogen) atoms. The van der Waals surface area contributed by atoms with Crippen molar-refractivity contribution in [3.05, 3.63) is 47.0 Å². The Morgan fingerprint density at radius 2 is 1.83 bits per heavy atom. The number of pyridine rings is 1. The lowest BCUT2D eigenvalue weighted by molar-refractivity contribution is -0.136. The lowest BCUT2D eigenvalue weighted by atomic mass is 9.55. The largest absolute Gasteiger partial charge is 0.461 e. The number of anilines is 1. The molecule has 1 aromatic carbocycles. The van der Waals surface area contributed by atoms with Crippen molar-refractivity contribution in [2.45, 2.75) is 107 Å². The fourth-order valence-electron chi connectivity index (χ4n) is 10.8. The minimum absolute atomic E-state index is 0.000387. The van der Waals surface area contributed by atoms with Crippen LogP contribution in [-0.2, 0) is 11.2 Å². The number of allylic oxidation sites excluding steroid dienone is 2. The van der Waals surface area contributed by atoms with Crippen LogP contribution in [0.15, 0.2) is 30.6 Å². The van der Waals surface area contributed by atoms with Gasteiger partial charge in [0.25, 0.3) is 0 Å². The summed E-state index contributed by atoms with van der Waals surface area (Å²) in [6.07, 6.45) is 20.5. The molecule has 0 amide bonds. The second-order valence-corrected chi connectivity index (χ2v) is 17.0. The molecule has 10 nitrogen and oxygen atoms in total. The van der Waals surface area contributed by atoms with Gasteiger partial charge in [-0.25, -0.2) is 9.07 Å². The van der Waals surface area contributed by atoms with Crippen LogP contribution in [0.25, 0.3) is 33.1 Å². The summed E-state index contributed by atoms with van der Waals surface area (Å²) in [5.74, 6) is 0.140. The highest BCUT2D eigenvalue weighted by Gasteiger charge is 2.54. The van der Waals surface area contributed by atoms with Crippen molar-refractivity contribution in [3.8, 4) is 17.3 Å². The molecule has 7 aliphatic heterocycles. The standard InChI is InChI=1S/C40H47ClFN7O3/c41-29-19-30-27(21-44-49(30)31-10-3-5-18-51-31)32-26(29)9-2-1-4-14-40(50)22-38(23-40)11-6-15-47(24-38)36-28-20-43-35(32)33(42)34(28)45-37(46-36)52-25-39-12-7-16-48(39)17-8-13-39/h1-2,19-21,31,50H,3-18,22-25H2/b2-1-. The monoisotopic (exact) mass is 727 g/mol. The van der Waals surface area contributed by atoms with Crippen molar-refractivity contribution >= 4 is 39.2 Å². The van der Waals surface area contributed by atoms with Gasteiger partial charge in [-0.3, -0.25) is 9.88 Å². The van der Waals surface area contributed by atoms with Gasteiger partial charge in [-0.1, -0.05) is 23.8 Å². The first-order valence-electron chi connectivity index (χ1n) is 19.5. The van der Waals surface area contributed by atoms with Gasteiger partial charge in [0.05, 0.1) is 28.2 Å². The Morgan fingerprint density at radius 1 is 0.981 bits per heavy atom. The van der Waals surface area contributed by atoms with E-state index in [9.17, 15) is 5.11 Å². The summed E-state index contributed by atoms with van der Waals surface area (Å²) in [5.41, 5.74) is 1.88. The summed E-state index contributed by atoms with van der Waals surface area (Å²) in [4.78, 5) is 19.6. The van der Waals surface area contributed by atoms with E-state index in [0.29, 0.717) is 47.8 Å². The summed E-state index contributed by atoms with van der Waals surface area (Å²) >= 11 is 7.14. The van der Waals surface area contributed by atoms with Crippen LogP contribution in [-0.4, -0.2) is 85.3 Å². The fourth-order valence-corrected chi connectivity index (χ4v) is 11.1. The lowest BCUT2D eigenvalue weighted by Gasteiger charge is -2.57. The van der Waals surface area contributed by atoms with E-state index < -0.39 is 11.4 Å². The van der Waals surface area contributed by atoms with Gasteiger partial charge < -0.3 is 19.5 Å². The number of aromatic nitrogens is 5. The van der Waals surface area contributed by atoms with Gasteiger partial charge in [0.2, 0.25) is 0 Å². The maximum atomic E-state index is 17.5. The van der Waals surface area contributed by atoms with E-state index in [2.05, 4.69) is 22.0 Å². The van der Waals surface area contributed by atoms with E-state index in [4.69, 9.17) is 41.1 Å². The van der Waals surface area contributed by atoms with Gasteiger partial charge in [0.1, 0.15) is 23.6 Å². The van der Waals surface area contributed by atoms with Crippen LogP contribution in [0.2, 0.25) is 5.02 Å². The number of benzene rings is 1. The van der Waals surface area contributed by atoms with E-state index >= 15 is 4.39 Å². The Kier molecular flexibility index (Phi) is 8.05. The quantitative estimate of drug-likeness (QED) is 0.214. The first-order chi connectivity index (χ1) is 25.3. The minimum atomic E-state index is -0.684. The number of ether oxygens (including phenoxy) is 2. The second-order valence-electron chi connectivity index (χ2n) is 16.6. The highest BCUT2D eigenvalue weighted by molar-refractivity contribution is 6.33. The molecule has 1 unspecified atom stereocenters. The van der Waals surface area contributed by atoms with Crippen LogP contribution < -0.4 is 9.64 Å². The van der Waals surface area contributed by atoms with Crippen molar-refractivity contribution in [2.24, 2.45) is 5.41 Å². The maximum Gasteiger partial charge on any atom is 0.319 e. The number of nitrogens with zero attached hydrogens (tertiary/aromatic N) is 7. The summed E-state index contributed by atoms with van der Waals surface area (Å²) < 4.78 is 32.1. The Balaban J connectivity index is 1.15. The zero-order valence-corrected chi connectivity index (χ0v) is 30.5.